The Hall–Kier alpha value is -0.560. The van der Waals surface area contributed by atoms with Gasteiger partial charge in [0.05, 0.1) is 6.61 Å². The fourth-order valence-corrected chi connectivity index (χ4v) is 5.94. The molecule has 2 rings (SSSR count). The number of fused-ring (bicyclic) bond motifs is 1. The quantitative estimate of drug-likeness (QED) is 0.923. The maximum Gasteiger partial charge on any atom is 0.242 e. The summed E-state index contributed by atoms with van der Waals surface area (Å²) in [5.41, 5.74) is 1.32. The van der Waals surface area contributed by atoms with Crippen molar-refractivity contribution in [2.45, 2.75) is 61.3 Å². The van der Waals surface area contributed by atoms with Crippen LogP contribution < -0.4 is 4.72 Å². The summed E-state index contributed by atoms with van der Waals surface area (Å²) in [4.78, 5) is 1.28. The Labute approximate surface area is 131 Å². The highest BCUT2D eigenvalue weighted by atomic mass is 32.2. The van der Waals surface area contributed by atoms with E-state index in [9.17, 15) is 8.42 Å². The Morgan fingerprint density at radius 3 is 2.62 bits per heavy atom. The van der Waals surface area contributed by atoms with Gasteiger partial charge in [0.15, 0.2) is 0 Å². The van der Waals surface area contributed by atoms with Crippen LogP contribution in [0, 0.1) is 0 Å². The largest absolute Gasteiger partial charge is 0.380 e. The fraction of sp³-hybridized carbons (Fsp3) is 0.600. The summed E-state index contributed by atoms with van der Waals surface area (Å²) in [6.07, 6.45) is 0.908. The maximum absolute atomic E-state index is 12.8. The zero-order chi connectivity index (χ0) is 15.8. The standard InChI is InChI=1S/C15H23NO3S2/c1-10-8-11-6-7-12(9-19-5)14(13(11)20-10)21(17,18)16-15(2,3)4/h6-7,10,16H,8-9H2,1-5H3. The Kier molecular flexibility index (Phi) is 4.73. The first-order valence-electron chi connectivity index (χ1n) is 6.98. The first kappa shape index (κ1) is 16.8. The second-order valence-corrected chi connectivity index (χ2v) is 9.53. The van der Waals surface area contributed by atoms with Crippen LogP contribution in [-0.2, 0) is 27.8 Å². The summed E-state index contributed by atoms with van der Waals surface area (Å²) in [7, 11) is -1.99. The normalized spacial score (nSPS) is 18.8. The molecule has 0 saturated heterocycles. The summed E-state index contributed by atoms with van der Waals surface area (Å²) in [5.74, 6) is 0. The van der Waals surface area contributed by atoms with Crippen molar-refractivity contribution in [2.24, 2.45) is 0 Å². The molecule has 0 amide bonds. The first-order valence-corrected chi connectivity index (χ1v) is 9.34. The molecule has 118 valence electrons. The summed E-state index contributed by atoms with van der Waals surface area (Å²) < 4.78 is 33.6. The molecule has 0 spiro atoms. The van der Waals surface area contributed by atoms with Gasteiger partial charge in [-0.1, -0.05) is 19.1 Å². The highest BCUT2D eigenvalue weighted by molar-refractivity contribution is 8.01. The topological polar surface area (TPSA) is 55.4 Å². The van der Waals surface area contributed by atoms with Crippen molar-refractivity contribution in [3.05, 3.63) is 23.3 Å². The molecule has 1 aliphatic heterocycles. The van der Waals surface area contributed by atoms with E-state index in [4.69, 9.17) is 4.74 Å². The number of nitrogens with one attached hydrogen (secondary N) is 1. The van der Waals surface area contributed by atoms with Gasteiger partial charge in [-0.3, -0.25) is 0 Å². The number of methoxy groups -OCH3 is 1. The highest BCUT2D eigenvalue weighted by Crippen LogP contribution is 2.42. The van der Waals surface area contributed by atoms with Crippen LogP contribution >= 0.6 is 11.8 Å². The summed E-state index contributed by atoms with van der Waals surface area (Å²) >= 11 is 1.64. The van der Waals surface area contributed by atoms with E-state index in [2.05, 4.69) is 11.6 Å². The lowest BCUT2D eigenvalue weighted by atomic mass is 10.1. The van der Waals surface area contributed by atoms with Gasteiger partial charge in [-0.25, -0.2) is 13.1 Å². The minimum atomic E-state index is -3.57. The van der Waals surface area contributed by atoms with Crippen LogP contribution in [0.4, 0.5) is 0 Å². The van der Waals surface area contributed by atoms with Crippen molar-refractivity contribution in [1.29, 1.82) is 0 Å². The zero-order valence-corrected chi connectivity index (χ0v) is 14.8. The third-order valence-corrected chi connectivity index (χ3v) is 6.40. The number of rotatable bonds is 4. The highest BCUT2D eigenvalue weighted by Gasteiger charge is 2.32. The van der Waals surface area contributed by atoms with Crippen molar-refractivity contribution in [2.75, 3.05) is 7.11 Å². The van der Waals surface area contributed by atoms with Gasteiger partial charge >= 0.3 is 0 Å². The minimum absolute atomic E-state index is 0.294. The van der Waals surface area contributed by atoms with E-state index in [1.54, 1.807) is 18.9 Å². The molecule has 0 radical (unpaired) electrons. The summed E-state index contributed by atoms with van der Waals surface area (Å²) in [5, 5.41) is 0.404. The molecule has 0 aromatic heterocycles. The molecule has 0 fully saturated rings. The first-order chi connectivity index (χ1) is 9.64. The van der Waals surface area contributed by atoms with Crippen LogP contribution in [0.1, 0.15) is 38.8 Å². The molecule has 1 aliphatic rings. The lowest BCUT2D eigenvalue weighted by molar-refractivity contribution is 0.182. The van der Waals surface area contributed by atoms with E-state index in [0.717, 1.165) is 22.4 Å². The third-order valence-electron chi connectivity index (χ3n) is 3.11. The maximum atomic E-state index is 12.8. The average molecular weight is 329 g/mol. The second kappa shape index (κ2) is 5.91. The summed E-state index contributed by atoms with van der Waals surface area (Å²) in [6, 6.07) is 3.90. The van der Waals surface area contributed by atoms with Gasteiger partial charge in [-0.2, -0.15) is 0 Å². The third kappa shape index (κ3) is 3.80. The predicted octanol–water partition coefficient (Wildman–Crippen LogP) is 2.95. The lowest BCUT2D eigenvalue weighted by Gasteiger charge is -2.23. The number of sulfonamides is 1. The van der Waals surface area contributed by atoms with Gasteiger partial charge in [0, 0.05) is 22.8 Å². The predicted molar refractivity (Wildman–Crippen MR) is 86.3 cm³/mol. The molecule has 0 aliphatic carbocycles. The van der Waals surface area contributed by atoms with E-state index in [1.165, 1.54) is 0 Å². The van der Waals surface area contributed by atoms with Crippen LogP contribution in [0.5, 0.6) is 0 Å². The molecular weight excluding hydrogens is 306 g/mol. The minimum Gasteiger partial charge on any atom is -0.380 e. The van der Waals surface area contributed by atoms with Crippen molar-refractivity contribution in [3.63, 3.8) is 0 Å². The van der Waals surface area contributed by atoms with Crippen molar-refractivity contribution >= 4 is 21.8 Å². The van der Waals surface area contributed by atoms with Gasteiger partial charge in [-0.05, 0) is 38.3 Å². The summed E-state index contributed by atoms with van der Waals surface area (Å²) in [6.45, 7) is 7.95. The number of benzene rings is 1. The fourth-order valence-electron chi connectivity index (χ4n) is 2.50. The van der Waals surface area contributed by atoms with Gasteiger partial charge in [0.25, 0.3) is 0 Å². The van der Waals surface area contributed by atoms with Crippen molar-refractivity contribution < 1.29 is 13.2 Å². The molecule has 6 heteroatoms. The molecule has 1 atom stereocenters. The van der Waals surface area contributed by atoms with Crippen LogP contribution in [0.2, 0.25) is 0 Å². The number of ether oxygens (including phenoxy) is 1. The van der Waals surface area contributed by atoms with Gasteiger partial charge < -0.3 is 4.74 Å². The van der Waals surface area contributed by atoms with Gasteiger partial charge in [0.2, 0.25) is 10.0 Å². The molecular formula is C15H23NO3S2. The van der Waals surface area contributed by atoms with Crippen LogP contribution in [0.3, 0.4) is 0 Å². The molecule has 0 saturated carbocycles. The van der Waals surface area contributed by atoms with Crippen molar-refractivity contribution in [1.82, 2.24) is 4.72 Å². The van der Waals surface area contributed by atoms with E-state index >= 15 is 0 Å². The lowest BCUT2D eigenvalue weighted by Crippen LogP contribution is -2.41. The Morgan fingerprint density at radius 2 is 2.05 bits per heavy atom. The van der Waals surface area contributed by atoms with Crippen LogP contribution in [-0.4, -0.2) is 26.3 Å². The monoisotopic (exact) mass is 329 g/mol. The van der Waals surface area contributed by atoms with E-state index in [1.807, 2.05) is 32.9 Å². The Morgan fingerprint density at radius 1 is 1.38 bits per heavy atom. The van der Waals surface area contributed by atoms with Crippen molar-refractivity contribution in [3.8, 4) is 0 Å². The molecule has 0 bridgehead atoms. The molecule has 21 heavy (non-hydrogen) atoms. The van der Waals surface area contributed by atoms with Crippen LogP contribution in [0.15, 0.2) is 21.9 Å². The molecule has 1 aromatic carbocycles. The van der Waals surface area contributed by atoms with Gasteiger partial charge in [-0.15, -0.1) is 11.8 Å². The Balaban J connectivity index is 2.58. The number of thioether (sulfide) groups is 1. The van der Waals surface area contributed by atoms with E-state index in [-0.39, 0.29) is 0 Å². The molecule has 1 heterocycles. The molecule has 1 aromatic rings. The van der Waals surface area contributed by atoms with Crippen LogP contribution in [0.25, 0.3) is 0 Å². The number of hydrogen-bond acceptors (Lipinski definition) is 4. The molecule has 4 nitrogen and oxygen atoms in total. The van der Waals surface area contributed by atoms with E-state index in [0.29, 0.717) is 16.8 Å². The molecule has 1 unspecified atom stereocenters. The average Bonchev–Trinajstić information content (AvgIpc) is 2.65. The number of hydrogen-bond donors (Lipinski definition) is 1. The van der Waals surface area contributed by atoms with E-state index < -0.39 is 15.6 Å². The smallest absolute Gasteiger partial charge is 0.242 e. The molecule has 1 N–H and O–H groups in total. The zero-order valence-electron chi connectivity index (χ0n) is 13.2. The Bertz CT molecular complexity index is 633. The van der Waals surface area contributed by atoms with Gasteiger partial charge in [0.1, 0.15) is 4.90 Å². The SMILES string of the molecule is COCc1ccc2c(c1S(=O)(=O)NC(C)(C)C)SC(C)C2. The second-order valence-electron chi connectivity index (χ2n) is 6.46.